The zero-order valence-electron chi connectivity index (χ0n) is 14.9. The van der Waals surface area contributed by atoms with Crippen molar-refractivity contribution in [2.75, 3.05) is 14.2 Å². The molecule has 0 fully saturated rings. The molecular formula is C19H25NO3S. The number of benzene rings is 2. The summed E-state index contributed by atoms with van der Waals surface area (Å²) in [6.07, 6.45) is 0. The molecule has 4 nitrogen and oxygen atoms in total. The fourth-order valence-electron chi connectivity index (χ4n) is 2.38. The van der Waals surface area contributed by atoms with E-state index >= 15 is 0 Å². The molecule has 5 heteroatoms. The number of hydrogen-bond acceptors (Lipinski definition) is 3. The van der Waals surface area contributed by atoms with Gasteiger partial charge in [-0.2, -0.15) is 4.31 Å². The average molecular weight is 347 g/mol. The Morgan fingerprint density at radius 3 is 1.96 bits per heavy atom. The van der Waals surface area contributed by atoms with Crippen LogP contribution in [0.15, 0.2) is 53.4 Å². The molecule has 0 amide bonds. The van der Waals surface area contributed by atoms with Crippen molar-refractivity contribution >= 4 is 10.0 Å². The van der Waals surface area contributed by atoms with Gasteiger partial charge in [-0.3, -0.25) is 0 Å². The molecule has 0 aliphatic carbocycles. The first-order chi connectivity index (χ1) is 11.1. The first kappa shape index (κ1) is 18.5. The second-order valence-electron chi connectivity index (χ2n) is 6.88. The Kier molecular flexibility index (Phi) is 5.35. The zero-order chi connectivity index (χ0) is 18.0. The first-order valence-electron chi connectivity index (χ1n) is 7.84. The molecule has 0 aliphatic rings. The molecule has 0 unspecified atom stereocenters. The van der Waals surface area contributed by atoms with E-state index < -0.39 is 10.0 Å². The third-order valence-corrected chi connectivity index (χ3v) is 5.81. The lowest BCUT2D eigenvalue weighted by Crippen LogP contribution is -2.26. The molecule has 0 saturated heterocycles. The molecule has 24 heavy (non-hydrogen) atoms. The van der Waals surface area contributed by atoms with Crippen LogP contribution in [0.2, 0.25) is 0 Å². The van der Waals surface area contributed by atoms with E-state index in [-0.39, 0.29) is 5.41 Å². The fraction of sp³-hybridized carbons (Fsp3) is 0.368. The molecule has 0 atom stereocenters. The van der Waals surface area contributed by atoms with Gasteiger partial charge in [-0.05, 0) is 40.8 Å². The standard InChI is InChI=1S/C19H25NO3S/c1-19(2,3)16-8-12-18(13-9-16)24(21,22)20(4)14-15-6-10-17(23-5)11-7-15/h6-13H,14H2,1-5H3. The van der Waals surface area contributed by atoms with E-state index in [2.05, 4.69) is 20.8 Å². The highest BCUT2D eigenvalue weighted by Gasteiger charge is 2.22. The van der Waals surface area contributed by atoms with Gasteiger partial charge >= 0.3 is 0 Å². The molecule has 0 radical (unpaired) electrons. The van der Waals surface area contributed by atoms with Crippen LogP contribution in [0.3, 0.4) is 0 Å². The maximum atomic E-state index is 12.7. The van der Waals surface area contributed by atoms with E-state index in [9.17, 15) is 8.42 Å². The van der Waals surface area contributed by atoms with Crippen molar-refractivity contribution < 1.29 is 13.2 Å². The van der Waals surface area contributed by atoms with Gasteiger partial charge in [0.2, 0.25) is 10.0 Å². The highest BCUT2D eigenvalue weighted by atomic mass is 32.2. The zero-order valence-corrected chi connectivity index (χ0v) is 15.7. The Balaban J connectivity index is 2.19. The van der Waals surface area contributed by atoms with Crippen LogP contribution in [0.5, 0.6) is 5.75 Å². The second kappa shape index (κ2) is 6.95. The second-order valence-corrected chi connectivity index (χ2v) is 8.93. The van der Waals surface area contributed by atoms with Crippen LogP contribution < -0.4 is 4.74 Å². The van der Waals surface area contributed by atoms with E-state index in [0.29, 0.717) is 11.4 Å². The largest absolute Gasteiger partial charge is 0.497 e. The maximum Gasteiger partial charge on any atom is 0.243 e. The van der Waals surface area contributed by atoms with Gasteiger partial charge in [0.05, 0.1) is 12.0 Å². The lowest BCUT2D eigenvalue weighted by Gasteiger charge is -2.21. The normalized spacial score (nSPS) is 12.4. The number of ether oxygens (including phenoxy) is 1. The van der Waals surface area contributed by atoms with Gasteiger partial charge < -0.3 is 4.74 Å². The summed E-state index contributed by atoms with van der Waals surface area (Å²) in [5, 5.41) is 0. The lowest BCUT2D eigenvalue weighted by molar-refractivity contribution is 0.414. The van der Waals surface area contributed by atoms with Crippen LogP contribution in [0.1, 0.15) is 31.9 Å². The number of hydrogen-bond donors (Lipinski definition) is 0. The minimum absolute atomic E-state index is 0.00269. The molecule has 130 valence electrons. The van der Waals surface area contributed by atoms with Crippen molar-refractivity contribution in [3.8, 4) is 5.75 Å². The van der Waals surface area contributed by atoms with Crippen molar-refractivity contribution in [2.24, 2.45) is 0 Å². The molecule has 0 saturated carbocycles. The summed E-state index contributed by atoms with van der Waals surface area (Å²) in [5.41, 5.74) is 2.02. The van der Waals surface area contributed by atoms with Gasteiger partial charge in [0.25, 0.3) is 0 Å². The van der Waals surface area contributed by atoms with Gasteiger partial charge in [-0.1, -0.05) is 45.0 Å². The SMILES string of the molecule is COc1ccc(CN(C)S(=O)(=O)c2ccc(C(C)(C)C)cc2)cc1. The molecule has 0 heterocycles. The Hall–Kier alpha value is -1.85. The maximum absolute atomic E-state index is 12.7. The van der Waals surface area contributed by atoms with E-state index in [1.54, 1.807) is 26.3 Å². The number of sulfonamides is 1. The molecule has 2 aromatic carbocycles. The van der Waals surface area contributed by atoms with E-state index in [4.69, 9.17) is 4.74 Å². The molecule has 0 aromatic heterocycles. The van der Waals surface area contributed by atoms with Gasteiger partial charge in [0, 0.05) is 13.6 Å². The number of nitrogens with zero attached hydrogens (tertiary/aromatic N) is 1. The van der Waals surface area contributed by atoms with E-state index in [0.717, 1.165) is 16.9 Å². The predicted octanol–water partition coefficient (Wildman–Crippen LogP) is 3.81. The van der Waals surface area contributed by atoms with Crippen molar-refractivity contribution in [1.82, 2.24) is 4.31 Å². The topological polar surface area (TPSA) is 46.6 Å². The summed E-state index contributed by atoms with van der Waals surface area (Å²) in [4.78, 5) is 0.312. The highest BCUT2D eigenvalue weighted by molar-refractivity contribution is 7.89. The Morgan fingerprint density at radius 2 is 1.50 bits per heavy atom. The fourth-order valence-corrected chi connectivity index (χ4v) is 3.54. The summed E-state index contributed by atoms with van der Waals surface area (Å²) in [5.74, 6) is 0.752. The monoisotopic (exact) mass is 347 g/mol. The Morgan fingerprint density at radius 1 is 0.958 bits per heavy atom. The van der Waals surface area contributed by atoms with Crippen molar-refractivity contribution in [3.05, 3.63) is 59.7 Å². The third kappa shape index (κ3) is 4.16. The summed E-state index contributed by atoms with van der Waals surface area (Å²) >= 11 is 0. The minimum Gasteiger partial charge on any atom is -0.497 e. The van der Waals surface area contributed by atoms with E-state index in [1.807, 2.05) is 36.4 Å². The summed E-state index contributed by atoms with van der Waals surface area (Å²) in [6, 6.07) is 14.5. The molecule has 2 rings (SSSR count). The smallest absolute Gasteiger partial charge is 0.243 e. The molecule has 2 aromatic rings. The summed E-state index contributed by atoms with van der Waals surface area (Å²) < 4.78 is 31.9. The van der Waals surface area contributed by atoms with Crippen molar-refractivity contribution in [1.29, 1.82) is 0 Å². The van der Waals surface area contributed by atoms with Crippen molar-refractivity contribution in [3.63, 3.8) is 0 Å². The van der Waals surface area contributed by atoms with Gasteiger partial charge in [-0.15, -0.1) is 0 Å². The highest BCUT2D eigenvalue weighted by Crippen LogP contribution is 2.25. The molecular weight excluding hydrogens is 322 g/mol. The van der Waals surface area contributed by atoms with Crippen LogP contribution in [0, 0.1) is 0 Å². The average Bonchev–Trinajstić information content (AvgIpc) is 2.54. The quantitative estimate of drug-likeness (QED) is 0.826. The summed E-state index contributed by atoms with van der Waals surface area (Å²) in [7, 11) is -0.315. The van der Waals surface area contributed by atoms with Crippen LogP contribution in [-0.2, 0) is 22.0 Å². The number of methoxy groups -OCH3 is 1. The van der Waals surface area contributed by atoms with Gasteiger partial charge in [0.1, 0.15) is 5.75 Å². The minimum atomic E-state index is -3.51. The Labute approximate surface area is 145 Å². The van der Waals surface area contributed by atoms with Crippen LogP contribution in [0.4, 0.5) is 0 Å². The lowest BCUT2D eigenvalue weighted by atomic mass is 9.87. The molecule has 0 aliphatic heterocycles. The Bertz CT molecular complexity index is 773. The van der Waals surface area contributed by atoms with Gasteiger partial charge in [0.15, 0.2) is 0 Å². The van der Waals surface area contributed by atoms with Crippen LogP contribution in [0.25, 0.3) is 0 Å². The van der Waals surface area contributed by atoms with Crippen molar-refractivity contribution in [2.45, 2.75) is 37.6 Å². The first-order valence-corrected chi connectivity index (χ1v) is 9.28. The molecule has 0 N–H and O–H groups in total. The summed E-state index contributed by atoms with van der Waals surface area (Å²) in [6.45, 7) is 6.62. The predicted molar refractivity (Wildman–Crippen MR) is 96.8 cm³/mol. The third-order valence-electron chi connectivity index (χ3n) is 3.99. The van der Waals surface area contributed by atoms with Crippen LogP contribution >= 0.6 is 0 Å². The van der Waals surface area contributed by atoms with Gasteiger partial charge in [-0.25, -0.2) is 8.42 Å². The molecule has 0 bridgehead atoms. The van der Waals surface area contributed by atoms with E-state index in [1.165, 1.54) is 4.31 Å². The number of rotatable bonds is 5. The van der Waals surface area contributed by atoms with Crippen LogP contribution in [-0.4, -0.2) is 26.9 Å². The molecule has 0 spiro atoms.